The molecule has 96 valence electrons. The average Bonchev–Trinajstić information content (AvgIpc) is 2.77. The first-order valence-corrected chi connectivity index (χ1v) is 5.51. The lowest BCUT2D eigenvalue weighted by Crippen LogP contribution is -2.24. The molecule has 1 aromatic carbocycles. The number of halogens is 3. The molecule has 18 heavy (non-hydrogen) atoms. The molecule has 0 aliphatic carbocycles. The molecule has 5 heteroatoms. The highest BCUT2D eigenvalue weighted by atomic mass is 19.4. The second kappa shape index (κ2) is 4.86. The van der Waals surface area contributed by atoms with Crippen molar-refractivity contribution in [3.63, 3.8) is 0 Å². The molecule has 0 aliphatic rings. The molecule has 2 N–H and O–H groups in total. The molecule has 0 bridgehead atoms. The topological polar surface area (TPSA) is 30.9 Å². The number of rotatable bonds is 3. The summed E-state index contributed by atoms with van der Waals surface area (Å²) in [5.41, 5.74) is 7.32. The van der Waals surface area contributed by atoms with Gasteiger partial charge in [0.05, 0.1) is 12.6 Å². The summed E-state index contributed by atoms with van der Waals surface area (Å²) in [6.07, 6.45) is -3.17. The number of nitrogens with two attached hydrogens (primary N) is 1. The highest BCUT2D eigenvalue weighted by Gasteiger charge is 2.30. The van der Waals surface area contributed by atoms with E-state index in [1.54, 1.807) is 18.5 Å². The summed E-state index contributed by atoms with van der Waals surface area (Å²) >= 11 is 0. The van der Waals surface area contributed by atoms with E-state index in [0.29, 0.717) is 0 Å². The molecular weight excluding hydrogens is 241 g/mol. The molecule has 0 saturated heterocycles. The summed E-state index contributed by atoms with van der Waals surface area (Å²) < 4.78 is 38.1. The van der Waals surface area contributed by atoms with E-state index in [4.69, 9.17) is 5.73 Å². The summed E-state index contributed by atoms with van der Waals surface area (Å²) in [7, 11) is 0. The molecule has 2 aromatic rings. The predicted octanol–water partition coefficient (Wildman–Crippen LogP) is 3.56. The molecule has 1 atom stereocenters. The van der Waals surface area contributed by atoms with Crippen LogP contribution < -0.4 is 5.73 Å². The molecule has 0 saturated carbocycles. The van der Waals surface area contributed by atoms with Gasteiger partial charge < -0.3 is 10.3 Å². The van der Waals surface area contributed by atoms with Crippen LogP contribution in [-0.4, -0.2) is 10.7 Å². The van der Waals surface area contributed by atoms with Crippen LogP contribution in [0.5, 0.6) is 0 Å². The molecular formula is C13H13F3N2. The lowest BCUT2D eigenvalue weighted by atomic mass is 10.1. The fraction of sp³-hybridized carbons (Fsp3) is 0.231. The van der Waals surface area contributed by atoms with Crippen molar-refractivity contribution < 1.29 is 13.2 Å². The lowest BCUT2D eigenvalue weighted by Gasteiger charge is -2.15. The van der Waals surface area contributed by atoms with Crippen LogP contribution in [0.15, 0.2) is 48.8 Å². The fourth-order valence-corrected chi connectivity index (χ4v) is 1.76. The molecule has 2 nitrogen and oxygen atoms in total. The van der Waals surface area contributed by atoms with E-state index in [1.807, 2.05) is 30.3 Å². The van der Waals surface area contributed by atoms with Gasteiger partial charge in [0, 0.05) is 12.4 Å². The number of alkyl halides is 3. The van der Waals surface area contributed by atoms with Crippen LogP contribution in [0.4, 0.5) is 13.2 Å². The molecule has 0 spiro atoms. The van der Waals surface area contributed by atoms with E-state index in [2.05, 4.69) is 0 Å². The number of hydrogen-bond acceptors (Lipinski definition) is 1. The van der Waals surface area contributed by atoms with Gasteiger partial charge in [0.25, 0.3) is 0 Å². The Morgan fingerprint density at radius 3 is 2.33 bits per heavy atom. The van der Waals surface area contributed by atoms with Crippen molar-refractivity contribution in [2.75, 3.05) is 0 Å². The highest BCUT2D eigenvalue weighted by Crippen LogP contribution is 2.27. The third-order valence-electron chi connectivity index (χ3n) is 2.65. The maximum Gasteiger partial charge on any atom is 0.392 e. The number of hydrogen-bond donors (Lipinski definition) is 1. The first-order valence-electron chi connectivity index (χ1n) is 5.51. The molecule has 1 aromatic heterocycles. The predicted molar refractivity (Wildman–Crippen MR) is 63.8 cm³/mol. The molecule has 0 fully saturated rings. The second-order valence-corrected chi connectivity index (χ2v) is 4.10. The Bertz CT molecular complexity index is 502. The quantitative estimate of drug-likeness (QED) is 0.892. The number of benzene rings is 1. The van der Waals surface area contributed by atoms with E-state index in [9.17, 15) is 13.2 Å². The normalized spacial score (nSPS) is 13.6. The van der Waals surface area contributed by atoms with E-state index >= 15 is 0 Å². The van der Waals surface area contributed by atoms with Crippen molar-refractivity contribution in [2.24, 2.45) is 5.73 Å². The maximum absolute atomic E-state index is 12.2. The van der Waals surface area contributed by atoms with Crippen molar-refractivity contribution in [1.29, 1.82) is 0 Å². The first-order chi connectivity index (χ1) is 8.46. The maximum atomic E-state index is 12.2. The Kier molecular flexibility index (Phi) is 3.43. The minimum atomic E-state index is -4.25. The molecule has 1 heterocycles. The third-order valence-corrected chi connectivity index (χ3v) is 2.65. The SMILES string of the molecule is NC(CC(F)(F)F)n1ccc(-c2ccccc2)c1. The average molecular weight is 254 g/mol. The lowest BCUT2D eigenvalue weighted by molar-refractivity contribution is -0.142. The minimum Gasteiger partial charge on any atom is -0.338 e. The van der Waals surface area contributed by atoms with Crippen molar-refractivity contribution in [3.8, 4) is 11.1 Å². The van der Waals surface area contributed by atoms with Gasteiger partial charge in [-0.05, 0) is 17.2 Å². The van der Waals surface area contributed by atoms with Gasteiger partial charge in [-0.1, -0.05) is 30.3 Å². The van der Waals surface area contributed by atoms with Gasteiger partial charge in [0.1, 0.15) is 0 Å². The van der Waals surface area contributed by atoms with Gasteiger partial charge in [-0.25, -0.2) is 0 Å². The summed E-state index contributed by atoms with van der Waals surface area (Å²) in [5.74, 6) is 0. The van der Waals surface area contributed by atoms with Gasteiger partial charge in [0.2, 0.25) is 0 Å². The van der Waals surface area contributed by atoms with Gasteiger partial charge in [-0.15, -0.1) is 0 Å². The highest BCUT2D eigenvalue weighted by molar-refractivity contribution is 5.62. The first kappa shape index (κ1) is 12.7. The molecule has 2 rings (SSSR count). The summed E-state index contributed by atoms with van der Waals surface area (Å²) in [5, 5.41) is 0. The Balaban J connectivity index is 2.16. The standard InChI is InChI=1S/C13H13F3N2/c14-13(15,16)8-12(17)18-7-6-11(9-18)10-4-2-1-3-5-10/h1-7,9,12H,8,17H2. The smallest absolute Gasteiger partial charge is 0.338 e. The van der Waals surface area contributed by atoms with Crippen molar-refractivity contribution in [1.82, 2.24) is 4.57 Å². The summed E-state index contributed by atoms with van der Waals surface area (Å²) in [6.45, 7) is 0. The Hall–Kier alpha value is -1.75. The summed E-state index contributed by atoms with van der Waals surface area (Å²) in [6, 6.07) is 11.2. The molecule has 0 amide bonds. The van der Waals surface area contributed by atoms with Gasteiger partial charge in [-0.3, -0.25) is 0 Å². The molecule has 1 unspecified atom stereocenters. The van der Waals surface area contributed by atoms with E-state index < -0.39 is 18.8 Å². The Labute approximate surface area is 103 Å². The second-order valence-electron chi connectivity index (χ2n) is 4.10. The van der Waals surface area contributed by atoms with Crippen LogP contribution in [0.2, 0.25) is 0 Å². The summed E-state index contributed by atoms with van der Waals surface area (Å²) in [4.78, 5) is 0. The molecule has 0 aliphatic heterocycles. The Morgan fingerprint density at radius 1 is 1.06 bits per heavy atom. The van der Waals surface area contributed by atoms with Crippen molar-refractivity contribution >= 4 is 0 Å². The third kappa shape index (κ3) is 3.13. The van der Waals surface area contributed by atoms with E-state index in [1.165, 1.54) is 4.57 Å². The van der Waals surface area contributed by atoms with Gasteiger partial charge >= 0.3 is 6.18 Å². The minimum absolute atomic E-state index is 0.855. The largest absolute Gasteiger partial charge is 0.392 e. The van der Waals surface area contributed by atoms with Crippen LogP contribution in [0.25, 0.3) is 11.1 Å². The molecule has 0 radical (unpaired) electrons. The van der Waals surface area contributed by atoms with Crippen LogP contribution in [0.3, 0.4) is 0 Å². The number of aromatic nitrogens is 1. The van der Waals surface area contributed by atoms with Crippen molar-refractivity contribution in [3.05, 3.63) is 48.8 Å². The van der Waals surface area contributed by atoms with Crippen LogP contribution in [-0.2, 0) is 0 Å². The zero-order valence-corrected chi connectivity index (χ0v) is 9.56. The fourth-order valence-electron chi connectivity index (χ4n) is 1.76. The zero-order chi connectivity index (χ0) is 13.2. The van der Waals surface area contributed by atoms with Crippen LogP contribution >= 0.6 is 0 Å². The van der Waals surface area contributed by atoms with Crippen LogP contribution in [0, 0.1) is 0 Å². The van der Waals surface area contributed by atoms with Crippen molar-refractivity contribution in [2.45, 2.75) is 18.8 Å². The monoisotopic (exact) mass is 254 g/mol. The Morgan fingerprint density at radius 2 is 1.72 bits per heavy atom. The van der Waals surface area contributed by atoms with E-state index in [0.717, 1.165) is 11.1 Å². The number of nitrogens with zero attached hydrogens (tertiary/aromatic N) is 1. The van der Waals surface area contributed by atoms with E-state index in [-0.39, 0.29) is 0 Å². The zero-order valence-electron chi connectivity index (χ0n) is 9.56. The van der Waals surface area contributed by atoms with Crippen LogP contribution in [0.1, 0.15) is 12.6 Å². The van der Waals surface area contributed by atoms with Gasteiger partial charge in [0.15, 0.2) is 0 Å². The van der Waals surface area contributed by atoms with Gasteiger partial charge in [-0.2, -0.15) is 13.2 Å².